The molecule has 10 heteroatoms. The Kier molecular flexibility index (Phi) is 7.09. The van der Waals surface area contributed by atoms with Crippen molar-refractivity contribution in [3.8, 4) is 11.5 Å². The van der Waals surface area contributed by atoms with Gasteiger partial charge in [-0.25, -0.2) is 14.4 Å². The lowest BCUT2D eigenvalue weighted by atomic mass is 10.0. The summed E-state index contributed by atoms with van der Waals surface area (Å²) in [7, 11) is 4.79. The highest BCUT2D eigenvalue weighted by molar-refractivity contribution is 5.81. The lowest BCUT2D eigenvalue weighted by Gasteiger charge is -2.20. The highest BCUT2D eigenvalue weighted by Gasteiger charge is 2.23. The molecule has 0 spiro atoms. The van der Waals surface area contributed by atoms with Crippen LogP contribution in [0.25, 0.3) is 10.9 Å². The molecule has 0 bridgehead atoms. The molecule has 4 rings (SSSR count). The number of rotatable bonds is 9. The summed E-state index contributed by atoms with van der Waals surface area (Å²) in [6.45, 7) is 0.288. The fourth-order valence-electron chi connectivity index (χ4n) is 3.93. The first kappa shape index (κ1) is 23.9. The van der Waals surface area contributed by atoms with Crippen LogP contribution in [0.4, 0.5) is 4.39 Å². The van der Waals surface area contributed by atoms with Gasteiger partial charge >= 0.3 is 0 Å². The van der Waals surface area contributed by atoms with E-state index in [1.54, 1.807) is 54.3 Å². The number of carbonyl (C=O) groups is 1. The van der Waals surface area contributed by atoms with Crippen LogP contribution in [-0.2, 0) is 18.4 Å². The van der Waals surface area contributed by atoms with Gasteiger partial charge in [-0.05, 0) is 18.6 Å². The van der Waals surface area contributed by atoms with Gasteiger partial charge in [0.05, 0.1) is 31.4 Å². The molecule has 0 aliphatic rings. The standard InChI is InChI=1S/C25H26FN5O4/c1-30-12-10-27-24(30)23(16-7-4-5-8-18(16)26)29-22(32)9-6-11-31-15-28-19-14-21(35-3)20(34-2)13-17(19)25(31)33/h4-5,7-8,10,12-15,23H,6,9,11H2,1-3H3,(H,29,32). The summed E-state index contributed by atoms with van der Waals surface area (Å²) in [6, 6.07) is 8.78. The molecule has 182 valence electrons. The van der Waals surface area contributed by atoms with Crippen molar-refractivity contribution in [2.75, 3.05) is 14.2 Å². The summed E-state index contributed by atoms with van der Waals surface area (Å²) in [5.74, 6) is 0.724. The van der Waals surface area contributed by atoms with Crippen LogP contribution < -0.4 is 20.3 Å². The molecule has 9 nitrogen and oxygen atoms in total. The van der Waals surface area contributed by atoms with Crippen molar-refractivity contribution in [1.82, 2.24) is 24.4 Å². The number of fused-ring (bicyclic) bond motifs is 1. The molecule has 1 unspecified atom stereocenters. The Hall–Kier alpha value is -4.21. The maximum absolute atomic E-state index is 14.5. The Morgan fingerprint density at radius 1 is 1.14 bits per heavy atom. The Bertz CT molecular complexity index is 1410. The van der Waals surface area contributed by atoms with E-state index < -0.39 is 11.9 Å². The van der Waals surface area contributed by atoms with Gasteiger partial charge in [0.25, 0.3) is 5.56 Å². The molecule has 0 aliphatic heterocycles. The molecule has 0 fully saturated rings. The zero-order chi connectivity index (χ0) is 24.9. The molecule has 35 heavy (non-hydrogen) atoms. The lowest BCUT2D eigenvalue weighted by molar-refractivity contribution is -0.121. The number of aryl methyl sites for hydroxylation is 2. The van der Waals surface area contributed by atoms with E-state index >= 15 is 0 Å². The smallest absolute Gasteiger partial charge is 0.261 e. The maximum atomic E-state index is 14.5. The summed E-state index contributed by atoms with van der Waals surface area (Å²) in [4.78, 5) is 34.3. The van der Waals surface area contributed by atoms with Crippen LogP contribution in [0.5, 0.6) is 11.5 Å². The van der Waals surface area contributed by atoms with E-state index in [4.69, 9.17) is 9.47 Å². The van der Waals surface area contributed by atoms with Crippen molar-refractivity contribution < 1.29 is 18.7 Å². The second-order valence-electron chi connectivity index (χ2n) is 7.99. The number of methoxy groups -OCH3 is 2. The predicted octanol–water partition coefficient (Wildman–Crippen LogP) is 2.97. The topological polar surface area (TPSA) is 100 Å². The van der Waals surface area contributed by atoms with Crippen molar-refractivity contribution in [3.05, 3.63) is 82.7 Å². The van der Waals surface area contributed by atoms with Crippen LogP contribution >= 0.6 is 0 Å². The number of hydrogen-bond donors (Lipinski definition) is 1. The summed E-state index contributed by atoms with van der Waals surface area (Å²) in [5.41, 5.74) is 0.576. The van der Waals surface area contributed by atoms with Gasteiger partial charge in [0.1, 0.15) is 17.7 Å². The van der Waals surface area contributed by atoms with Crippen molar-refractivity contribution in [1.29, 1.82) is 0 Å². The number of benzene rings is 2. The van der Waals surface area contributed by atoms with E-state index in [0.29, 0.717) is 40.2 Å². The third-order valence-electron chi connectivity index (χ3n) is 5.77. The molecule has 0 radical (unpaired) electrons. The van der Waals surface area contributed by atoms with Gasteiger partial charge in [0.2, 0.25) is 5.91 Å². The summed E-state index contributed by atoms with van der Waals surface area (Å²) in [6.07, 6.45) is 5.30. The first-order valence-electron chi connectivity index (χ1n) is 11.0. The minimum absolute atomic E-state index is 0.131. The zero-order valence-electron chi connectivity index (χ0n) is 19.7. The lowest BCUT2D eigenvalue weighted by Crippen LogP contribution is -2.32. The first-order chi connectivity index (χ1) is 16.9. The second kappa shape index (κ2) is 10.4. The number of amides is 1. The molecular weight excluding hydrogens is 453 g/mol. The normalized spacial score (nSPS) is 11.9. The summed E-state index contributed by atoms with van der Waals surface area (Å²) >= 11 is 0. The predicted molar refractivity (Wildman–Crippen MR) is 128 cm³/mol. The van der Waals surface area contributed by atoms with E-state index in [1.807, 2.05) is 0 Å². The first-order valence-corrected chi connectivity index (χ1v) is 11.0. The monoisotopic (exact) mass is 479 g/mol. The van der Waals surface area contributed by atoms with Gasteiger partial charge in [0, 0.05) is 44.0 Å². The summed E-state index contributed by atoms with van der Waals surface area (Å²) in [5, 5.41) is 3.27. The molecule has 2 heterocycles. The molecule has 1 amide bonds. The van der Waals surface area contributed by atoms with Crippen LogP contribution in [0.15, 0.2) is 59.9 Å². The molecular formula is C25H26FN5O4. The third kappa shape index (κ3) is 5.01. The third-order valence-corrected chi connectivity index (χ3v) is 5.77. The van der Waals surface area contributed by atoms with E-state index in [9.17, 15) is 14.0 Å². The number of imidazole rings is 1. The zero-order valence-corrected chi connectivity index (χ0v) is 19.7. The summed E-state index contributed by atoms with van der Waals surface area (Å²) < 4.78 is 28.2. The second-order valence-corrected chi connectivity index (χ2v) is 7.99. The highest BCUT2D eigenvalue weighted by atomic mass is 19.1. The van der Waals surface area contributed by atoms with Gasteiger partial charge in [-0.15, -0.1) is 0 Å². The van der Waals surface area contributed by atoms with Crippen molar-refractivity contribution >= 4 is 16.8 Å². The quantitative estimate of drug-likeness (QED) is 0.396. The van der Waals surface area contributed by atoms with Crippen molar-refractivity contribution in [2.24, 2.45) is 7.05 Å². The number of nitrogens with one attached hydrogen (secondary N) is 1. The fourth-order valence-corrected chi connectivity index (χ4v) is 3.93. The Morgan fingerprint density at radius 2 is 1.89 bits per heavy atom. The van der Waals surface area contributed by atoms with Crippen molar-refractivity contribution in [2.45, 2.75) is 25.4 Å². The molecule has 2 aromatic heterocycles. The number of carbonyl (C=O) groups excluding carboxylic acids is 1. The van der Waals surface area contributed by atoms with Crippen LogP contribution in [-0.4, -0.2) is 39.2 Å². The van der Waals surface area contributed by atoms with E-state index in [0.717, 1.165) is 0 Å². The van der Waals surface area contributed by atoms with Gasteiger partial charge in [-0.3, -0.25) is 14.2 Å². The van der Waals surface area contributed by atoms with Crippen LogP contribution in [0.1, 0.15) is 30.3 Å². The molecule has 2 aromatic carbocycles. The number of aromatic nitrogens is 4. The molecule has 1 N–H and O–H groups in total. The average molecular weight is 480 g/mol. The van der Waals surface area contributed by atoms with Gasteiger partial charge in [0.15, 0.2) is 11.5 Å². The van der Waals surface area contributed by atoms with Crippen molar-refractivity contribution in [3.63, 3.8) is 0 Å². The number of hydrogen-bond acceptors (Lipinski definition) is 6. The molecule has 4 aromatic rings. The van der Waals surface area contributed by atoms with Crippen LogP contribution in [0.2, 0.25) is 0 Å². The molecule has 0 aliphatic carbocycles. The van der Waals surface area contributed by atoms with E-state index in [-0.39, 0.29) is 24.4 Å². The van der Waals surface area contributed by atoms with Gasteiger partial charge in [-0.2, -0.15) is 0 Å². The average Bonchev–Trinajstić information content (AvgIpc) is 3.29. The number of ether oxygens (including phenoxy) is 2. The molecule has 0 saturated carbocycles. The van der Waals surface area contributed by atoms with Crippen LogP contribution in [0.3, 0.4) is 0 Å². The number of halogens is 1. The van der Waals surface area contributed by atoms with Gasteiger partial charge in [-0.1, -0.05) is 18.2 Å². The Labute approximate surface area is 201 Å². The van der Waals surface area contributed by atoms with Gasteiger partial charge < -0.3 is 19.4 Å². The fraction of sp³-hybridized carbons (Fsp3) is 0.280. The SMILES string of the molecule is COc1cc2ncn(CCCC(=O)NC(c3ccccc3F)c3nccn3C)c(=O)c2cc1OC. The molecule has 0 saturated heterocycles. The maximum Gasteiger partial charge on any atom is 0.261 e. The van der Waals surface area contributed by atoms with E-state index in [2.05, 4.69) is 15.3 Å². The minimum atomic E-state index is -0.740. The molecule has 1 atom stereocenters. The largest absolute Gasteiger partial charge is 0.493 e. The highest BCUT2D eigenvalue weighted by Crippen LogP contribution is 2.30. The Balaban J connectivity index is 1.47. The number of nitrogens with zero attached hydrogens (tertiary/aromatic N) is 4. The van der Waals surface area contributed by atoms with Crippen LogP contribution in [0, 0.1) is 5.82 Å². The Morgan fingerprint density at radius 3 is 2.57 bits per heavy atom. The van der Waals surface area contributed by atoms with E-state index in [1.165, 1.54) is 31.2 Å². The minimum Gasteiger partial charge on any atom is -0.493 e.